The van der Waals surface area contributed by atoms with Gasteiger partial charge in [-0.3, -0.25) is 14.5 Å². The first kappa shape index (κ1) is 21.7. The number of carbonyl (C=O) groups is 2. The third-order valence-corrected chi connectivity index (χ3v) is 4.92. The molecule has 3 rings (SSSR count). The van der Waals surface area contributed by atoms with Crippen molar-refractivity contribution in [1.82, 2.24) is 4.90 Å². The van der Waals surface area contributed by atoms with Crippen LogP contribution in [0, 0.1) is 5.92 Å². The van der Waals surface area contributed by atoms with E-state index >= 15 is 0 Å². The predicted molar refractivity (Wildman–Crippen MR) is 110 cm³/mol. The fourth-order valence-electron chi connectivity index (χ4n) is 3.21. The molecule has 1 unspecified atom stereocenters. The van der Waals surface area contributed by atoms with Crippen LogP contribution in [0.15, 0.2) is 54.6 Å². The van der Waals surface area contributed by atoms with Gasteiger partial charge in [0.25, 0.3) is 0 Å². The summed E-state index contributed by atoms with van der Waals surface area (Å²) < 4.78 is 5.88. The maximum absolute atomic E-state index is 12.7. The van der Waals surface area contributed by atoms with Gasteiger partial charge in [0.1, 0.15) is 5.75 Å². The number of para-hydroxylation sites is 3. The first-order valence-electron chi connectivity index (χ1n) is 9.14. The van der Waals surface area contributed by atoms with Gasteiger partial charge in [0, 0.05) is 0 Å². The topological polar surface area (TPSA) is 78.9 Å². The van der Waals surface area contributed by atoms with E-state index in [1.54, 1.807) is 6.07 Å². The summed E-state index contributed by atoms with van der Waals surface area (Å²) in [6.07, 6.45) is 1.14. The molecule has 7 heteroatoms. The number of nitrogens with one attached hydrogen (secondary N) is 1. The highest BCUT2D eigenvalue weighted by atomic mass is 35.5. The molecule has 2 aromatic rings. The summed E-state index contributed by atoms with van der Waals surface area (Å²) in [6, 6.07) is 16.4. The zero-order valence-corrected chi connectivity index (χ0v) is 16.5. The number of piperidine rings is 1. The van der Waals surface area contributed by atoms with Crippen molar-refractivity contribution >= 4 is 30.0 Å². The number of carboxylic acids is 1. The average Bonchev–Trinajstić information content (AvgIpc) is 2.69. The number of aliphatic carboxylic acids is 1. The largest absolute Gasteiger partial charge is 0.481 e. The van der Waals surface area contributed by atoms with Gasteiger partial charge in [0.2, 0.25) is 5.91 Å². The Morgan fingerprint density at radius 3 is 2.32 bits per heavy atom. The monoisotopic (exact) mass is 404 g/mol. The number of nitrogens with zero attached hydrogens (tertiary/aromatic N) is 1. The Bertz CT molecular complexity index is 792. The van der Waals surface area contributed by atoms with Gasteiger partial charge in [0.15, 0.2) is 5.75 Å². The van der Waals surface area contributed by atoms with Crippen LogP contribution < -0.4 is 10.1 Å². The van der Waals surface area contributed by atoms with E-state index < -0.39 is 5.97 Å². The Morgan fingerprint density at radius 2 is 1.68 bits per heavy atom. The quantitative estimate of drug-likeness (QED) is 0.760. The summed E-state index contributed by atoms with van der Waals surface area (Å²) in [7, 11) is 0. The van der Waals surface area contributed by atoms with E-state index in [4.69, 9.17) is 9.84 Å². The summed E-state index contributed by atoms with van der Waals surface area (Å²) in [6.45, 7) is 3.05. The number of anilines is 1. The van der Waals surface area contributed by atoms with Crippen molar-refractivity contribution in [3.8, 4) is 11.5 Å². The van der Waals surface area contributed by atoms with Gasteiger partial charge in [-0.1, -0.05) is 30.3 Å². The molecule has 1 aliphatic heterocycles. The van der Waals surface area contributed by atoms with Crippen LogP contribution in [0.25, 0.3) is 0 Å². The molecule has 1 atom stereocenters. The highest BCUT2D eigenvalue weighted by Gasteiger charge is 2.29. The third-order valence-electron chi connectivity index (χ3n) is 4.92. The summed E-state index contributed by atoms with van der Waals surface area (Å²) in [5.74, 6) is 0.0833. The summed E-state index contributed by atoms with van der Waals surface area (Å²) in [4.78, 5) is 25.8. The van der Waals surface area contributed by atoms with Crippen LogP contribution in [0.2, 0.25) is 0 Å². The van der Waals surface area contributed by atoms with Crippen molar-refractivity contribution < 1.29 is 19.4 Å². The number of hydrogen-bond acceptors (Lipinski definition) is 4. The second-order valence-electron chi connectivity index (χ2n) is 6.72. The SMILES string of the molecule is CC(C(=O)Nc1ccccc1Oc1ccccc1)N1CCC(C(=O)O)CC1.Cl. The Hall–Kier alpha value is -2.57. The van der Waals surface area contributed by atoms with Crippen molar-refractivity contribution in [3.05, 3.63) is 54.6 Å². The normalized spacial score (nSPS) is 15.9. The van der Waals surface area contributed by atoms with Crippen LogP contribution >= 0.6 is 12.4 Å². The van der Waals surface area contributed by atoms with E-state index in [-0.39, 0.29) is 30.3 Å². The van der Waals surface area contributed by atoms with E-state index in [0.29, 0.717) is 43.1 Å². The van der Waals surface area contributed by atoms with E-state index in [1.165, 1.54) is 0 Å². The minimum Gasteiger partial charge on any atom is -0.481 e. The first-order valence-corrected chi connectivity index (χ1v) is 9.14. The van der Waals surface area contributed by atoms with Crippen molar-refractivity contribution in [2.75, 3.05) is 18.4 Å². The average molecular weight is 405 g/mol. The van der Waals surface area contributed by atoms with Gasteiger partial charge in [-0.15, -0.1) is 12.4 Å². The molecule has 0 radical (unpaired) electrons. The molecule has 0 aromatic heterocycles. The number of hydrogen-bond donors (Lipinski definition) is 2. The van der Waals surface area contributed by atoms with Gasteiger partial charge in [-0.2, -0.15) is 0 Å². The smallest absolute Gasteiger partial charge is 0.306 e. The van der Waals surface area contributed by atoms with E-state index in [0.717, 1.165) is 0 Å². The number of carboxylic acid groups (broad SMARTS) is 1. The standard InChI is InChI=1S/C21H24N2O4.ClH/c1-15(23-13-11-16(12-14-23)21(25)26)20(24)22-18-9-5-6-10-19(18)27-17-7-3-2-4-8-17;/h2-10,15-16H,11-14H2,1H3,(H,22,24)(H,25,26);1H. The minimum atomic E-state index is -0.751. The van der Waals surface area contributed by atoms with Crippen LogP contribution in [0.5, 0.6) is 11.5 Å². The number of benzene rings is 2. The number of amides is 1. The van der Waals surface area contributed by atoms with E-state index in [2.05, 4.69) is 5.32 Å². The molecule has 28 heavy (non-hydrogen) atoms. The molecular weight excluding hydrogens is 380 g/mol. The Kier molecular flexibility index (Phi) is 7.84. The van der Waals surface area contributed by atoms with Gasteiger partial charge in [-0.05, 0) is 57.1 Å². The maximum atomic E-state index is 12.7. The molecule has 1 heterocycles. The summed E-state index contributed by atoms with van der Waals surface area (Å²) in [5.41, 5.74) is 0.610. The molecule has 2 aromatic carbocycles. The van der Waals surface area contributed by atoms with Gasteiger partial charge >= 0.3 is 5.97 Å². The molecule has 2 N–H and O–H groups in total. The van der Waals surface area contributed by atoms with E-state index in [9.17, 15) is 9.59 Å². The second kappa shape index (κ2) is 10.1. The number of halogens is 1. The van der Waals surface area contributed by atoms with Crippen molar-refractivity contribution in [2.24, 2.45) is 5.92 Å². The second-order valence-corrected chi connectivity index (χ2v) is 6.72. The number of carbonyl (C=O) groups excluding carboxylic acids is 1. The fraction of sp³-hybridized carbons (Fsp3) is 0.333. The Balaban J connectivity index is 0.00000280. The first-order chi connectivity index (χ1) is 13.0. The molecule has 0 bridgehead atoms. The van der Waals surface area contributed by atoms with Crippen molar-refractivity contribution in [3.63, 3.8) is 0 Å². The van der Waals surface area contributed by atoms with Crippen LogP contribution in [0.1, 0.15) is 19.8 Å². The van der Waals surface area contributed by atoms with Gasteiger partial charge in [-0.25, -0.2) is 0 Å². The molecule has 1 aliphatic rings. The van der Waals surface area contributed by atoms with Gasteiger partial charge < -0.3 is 15.2 Å². The molecule has 6 nitrogen and oxygen atoms in total. The highest BCUT2D eigenvalue weighted by molar-refractivity contribution is 5.95. The number of ether oxygens (including phenoxy) is 1. The summed E-state index contributed by atoms with van der Waals surface area (Å²) in [5, 5.41) is 12.0. The lowest BCUT2D eigenvalue weighted by molar-refractivity contribution is -0.143. The third kappa shape index (κ3) is 5.47. The van der Waals surface area contributed by atoms with Crippen LogP contribution in [-0.4, -0.2) is 41.0 Å². The molecule has 0 aliphatic carbocycles. The molecular formula is C21H25ClN2O4. The van der Waals surface area contributed by atoms with Crippen molar-refractivity contribution in [2.45, 2.75) is 25.8 Å². The number of likely N-dealkylation sites (tertiary alicyclic amines) is 1. The molecule has 1 fully saturated rings. The Morgan fingerprint density at radius 1 is 1.07 bits per heavy atom. The fourth-order valence-corrected chi connectivity index (χ4v) is 3.21. The zero-order valence-electron chi connectivity index (χ0n) is 15.7. The summed E-state index contributed by atoms with van der Waals surface area (Å²) >= 11 is 0. The molecule has 0 spiro atoms. The number of rotatable bonds is 6. The molecule has 1 amide bonds. The lowest BCUT2D eigenvalue weighted by Gasteiger charge is -2.33. The molecule has 0 saturated carbocycles. The maximum Gasteiger partial charge on any atom is 0.306 e. The zero-order chi connectivity index (χ0) is 19.2. The molecule has 150 valence electrons. The lowest BCUT2D eigenvalue weighted by Crippen LogP contribution is -2.47. The predicted octanol–water partition coefficient (Wildman–Crippen LogP) is 4.02. The minimum absolute atomic E-state index is 0. The van der Waals surface area contributed by atoms with Crippen LogP contribution in [0.3, 0.4) is 0 Å². The Labute approximate surface area is 170 Å². The van der Waals surface area contributed by atoms with Crippen molar-refractivity contribution in [1.29, 1.82) is 0 Å². The van der Waals surface area contributed by atoms with Gasteiger partial charge in [0.05, 0.1) is 17.6 Å². The lowest BCUT2D eigenvalue weighted by atomic mass is 9.96. The van der Waals surface area contributed by atoms with Crippen LogP contribution in [-0.2, 0) is 9.59 Å². The van der Waals surface area contributed by atoms with E-state index in [1.807, 2.05) is 60.4 Å². The highest BCUT2D eigenvalue weighted by Crippen LogP contribution is 2.29. The van der Waals surface area contributed by atoms with Crippen LogP contribution in [0.4, 0.5) is 5.69 Å². The molecule has 1 saturated heterocycles.